The number of aromatic nitrogens is 2. The summed E-state index contributed by atoms with van der Waals surface area (Å²) in [6.07, 6.45) is 5.45. The normalized spacial score (nSPS) is 21.8. The average Bonchev–Trinajstić information content (AvgIpc) is 3.07. The van der Waals surface area contributed by atoms with Crippen molar-refractivity contribution >= 4 is 22.9 Å². The van der Waals surface area contributed by atoms with Gasteiger partial charge in [-0.1, -0.05) is 26.0 Å². The van der Waals surface area contributed by atoms with Crippen molar-refractivity contribution in [2.45, 2.75) is 52.5 Å². The molecule has 1 aromatic carbocycles. The highest BCUT2D eigenvalue weighted by atomic mass is 16.2. The van der Waals surface area contributed by atoms with Crippen LogP contribution < -0.4 is 4.90 Å². The maximum atomic E-state index is 13.1. The van der Waals surface area contributed by atoms with Crippen molar-refractivity contribution in [3.63, 3.8) is 0 Å². The van der Waals surface area contributed by atoms with E-state index in [0.29, 0.717) is 5.91 Å². The second kappa shape index (κ2) is 7.91. The van der Waals surface area contributed by atoms with Gasteiger partial charge in [-0.05, 0) is 50.2 Å². The van der Waals surface area contributed by atoms with E-state index in [2.05, 4.69) is 52.5 Å². The van der Waals surface area contributed by atoms with Crippen LogP contribution in [-0.4, -0.2) is 46.5 Å². The highest BCUT2D eigenvalue weighted by molar-refractivity contribution is 5.81. The van der Waals surface area contributed by atoms with Crippen molar-refractivity contribution in [2.75, 3.05) is 31.1 Å². The molecular weight excluding hydrogens is 336 g/mol. The van der Waals surface area contributed by atoms with Crippen molar-refractivity contribution in [1.29, 1.82) is 0 Å². The Bertz CT molecular complexity index is 791. The summed E-state index contributed by atoms with van der Waals surface area (Å²) in [5.74, 6) is 2.28. The molecule has 0 spiro atoms. The molecule has 1 aromatic heterocycles. The molecule has 0 unspecified atom stereocenters. The van der Waals surface area contributed by atoms with Crippen molar-refractivity contribution in [3.8, 4) is 0 Å². The van der Waals surface area contributed by atoms with E-state index in [-0.39, 0.29) is 5.92 Å². The number of hydrogen-bond acceptors (Lipinski definition) is 3. The molecule has 5 heteroatoms. The zero-order valence-corrected chi connectivity index (χ0v) is 16.7. The van der Waals surface area contributed by atoms with Crippen LogP contribution in [0.3, 0.4) is 0 Å². The van der Waals surface area contributed by atoms with Crippen LogP contribution in [0.5, 0.6) is 0 Å². The lowest BCUT2D eigenvalue weighted by Gasteiger charge is -2.37. The van der Waals surface area contributed by atoms with Crippen LogP contribution in [0.2, 0.25) is 0 Å². The molecule has 2 aliphatic heterocycles. The molecule has 3 heterocycles. The van der Waals surface area contributed by atoms with E-state index in [9.17, 15) is 4.79 Å². The fourth-order valence-electron chi connectivity index (χ4n) is 4.60. The first-order valence-corrected chi connectivity index (χ1v) is 10.7. The van der Waals surface area contributed by atoms with Crippen LogP contribution in [0.15, 0.2) is 24.3 Å². The van der Waals surface area contributed by atoms with Crippen LogP contribution in [0, 0.1) is 11.8 Å². The van der Waals surface area contributed by atoms with E-state index in [1.54, 1.807) is 0 Å². The Labute approximate surface area is 162 Å². The molecule has 2 aromatic rings. The van der Waals surface area contributed by atoms with Crippen molar-refractivity contribution in [3.05, 3.63) is 24.3 Å². The maximum Gasteiger partial charge on any atom is 0.227 e. The Kier molecular flexibility index (Phi) is 5.37. The van der Waals surface area contributed by atoms with Crippen LogP contribution in [0.1, 0.15) is 46.0 Å². The SMILES string of the molecule is CCCn1c(N2CCC[C@@H](C(=O)N3CCC(C)CC3)C2)nc2ccccc21. The number of aryl methyl sites for hydroxylation is 1. The molecule has 0 N–H and O–H groups in total. The van der Waals surface area contributed by atoms with Gasteiger partial charge in [-0.15, -0.1) is 0 Å². The number of hydrogen-bond donors (Lipinski definition) is 0. The molecule has 4 rings (SSSR count). The Hall–Kier alpha value is -2.04. The molecule has 0 saturated carbocycles. The van der Waals surface area contributed by atoms with Crippen LogP contribution >= 0.6 is 0 Å². The summed E-state index contributed by atoms with van der Waals surface area (Å²) in [6.45, 7) is 9.14. The van der Waals surface area contributed by atoms with Crippen molar-refractivity contribution < 1.29 is 4.79 Å². The third-order valence-corrected chi connectivity index (χ3v) is 6.23. The third kappa shape index (κ3) is 3.69. The minimum Gasteiger partial charge on any atom is -0.342 e. The number of nitrogens with zero attached hydrogens (tertiary/aromatic N) is 4. The lowest BCUT2D eigenvalue weighted by atomic mass is 9.93. The van der Waals surface area contributed by atoms with Gasteiger partial charge in [0.25, 0.3) is 0 Å². The molecule has 0 aliphatic carbocycles. The predicted molar refractivity (Wildman–Crippen MR) is 110 cm³/mol. The van der Waals surface area contributed by atoms with E-state index in [0.717, 1.165) is 82.2 Å². The predicted octanol–water partition coefficient (Wildman–Crippen LogP) is 3.92. The fraction of sp³-hybridized carbons (Fsp3) is 0.636. The fourth-order valence-corrected chi connectivity index (χ4v) is 4.60. The summed E-state index contributed by atoms with van der Waals surface area (Å²) in [6, 6.07) is 8.38. The summed E-state index contributed by atoms with van der Waals surface area (Å²) in [5, 5.41) is 0. The van der Waals surface area contributed by atoms with Gasteiger partial charge in [0.1, 0.15) is 0 Å². The Balaban J connectivity index is 1.54. The van der Waals surface area contributed by atoms with E-state index in [4.69, 9.17) is 4.98 Å². The van der Waals surface area contributed by atoms with Crippen LogP contribution in [-0.2, 0) is 11.3 Å². The van der Waals surface area contributed by atoms with Gasteiger partial charge in [0.05, 0.1) is 17.0 Å². The summed E-state index contributed by atoms with van der Waals surface area (Å²) < 4.78 is 2.34. The zero-order chi connectivity index (χ0) is 18.8. The summed E-state index contributed by atoms with van der Waals surface area (Å²) in [7, 11) is 0. The van der Waals surface area contributed by atoms with Crippen molar-refractivity contribution in [1.82, 2.24) is 14.5 Å². The van der Waals surface area contributed by atoms with Gasteiger partial charge in [-0.2, -0.15) is 0 Å². The molecule has 146 valence electrons. The molecule has 1 atom stereocenters. The van der Waals surface area contributed by atoms with Crippen LogP contribution in [0.4, 0.5) is 5.95 Å². The number of amides is 1. The second-order valence-electron chi connectivity index (χ2n) is 8.35. The summed E-state index contributed by atoms with van der Waals surface area (Å²) in [5.41, 5.74) is 2.26. The first-order chi connectivity index (χ1) is 13.2. The lowest BCUT2D eigenvalue weighted by molar-refractivity contribution is -0.137. The number of likely N-dealkylation sites (tertiary alicyclic amines) is 1. The number of para-hydroxylation sites is 2. The number of imidazole rings is 1. The number of anilines is 1. The second-order valence-corrected chi connectivity index (χ2v) is 8.35. The molecule has 1 amide bonds. The van der Waals surface area contributed by atoms with Gasteiger partial charge in [-0.3, -0.25) is 4.79 Å². The molecule has 27 heavy (non-hydrogen) atoms. The highest BCUT2D eigenvalue weighted by Crippen LogP contribution is 2.29. The summed E-state index contributed by atoms with van der Waals surface area (Å²) >= 11 is 0. The molecule has 0 radical (unpaired) electrons. The van der Waals surface area contributed by atoms with Gasteiger partial charge in [0.2, 0.25) is 11.9 Å². The van der Waals surface area contributed by atoms with Gasteiger partial charge >= 0.3 is 0 Å². The van der Waals surface area contributed by atoms with Gasteiger partial charge in [-0.25, -0.2) is 4.98 Å². The van der Waals surface area contributed by atoms with Gasteiger partial charge in [0.15, 0.2) is 0 Å². The summed E-state index contributed by atoms with van der Waals surface area (Å²) in [4.78, 5) is 22.5. The van der Waals surface area contributed by atoms with Crippen molar-refractivity contribution in [2.24, 2.45) is 11.8 Å². The van der Waals surface area contributed by atoms with E-state index >= 15 is 0 Å². The average molecular weight is 369 g/mol. The Morgan fingerprint density at radius 1 is 1.15 bits per heavy atom. The number of piperidine rings is 2. The Morgan fingerprint density at radius 3 is 2.70 bits per heavy atom. The van der Waals surface area contributed by atoms with Gasteiger partial charge < -0.3 is 14.4 Å². The minimum atomic E-state index is 0.113. The van der Waals surface area contributed by atoms with Gasteiger partial charge in [0, 0.05) is 32.7 Å². The topological polar surface area (TPSA) is 41.4 Å². The smallest absolute Gasteiger partial charge is 0.227 e. The lowest BCUT2D eigenvalue weighted by Crippen LogP contribution is -2.47. The first kappa shape index (κ1) is 18.3. The first-order valence-electron chi connectivity index (χ1n) is 10.7. The van der Waals surface area contributed by atoms with E-state index in [1.807, 2.05) is 0 Å². The Morgan fingerprint density at radius 2 is 1.93 bits per heavy atom. The molecule has 2 saturated heterocycles. The number of carbonyl (C=O) groups excluding carboxylic acids is 1. The highest BCUT2D eigenvalue weighted by Gasteiger charge is 2.32. The third-order valence-electron chi connectivity index (χ3n) is 6.23. The maximum absolute atomic E-state index is 13.1. The van der Waals surface area contributed by atoms with E-state index < -0.39 is 0 Å². The largest absolute Gasteiger partial charge is 0.342 e. The molecule has 5 nitrogen and oxygen atoms in total. The number of carbonyl (C=O) groups is 1. The standard InChI is InChI=1S/C22H32N4O/c1-3-12-26-20-9-5-4-8-19(20)23-22(26)25-13-6-7-18(16-25)21(27)24-14-10-17(2)11-15-24/h4-5,8-9,17-18H,3,6-7,10-16H2,1-2H3/t18-/m1/s1. The molecule has 2 aliphatic rings. The number of rotatable bonds is 4. The van der Waals surface area contributed by atoms with Crippen LogP contribution in [0.25, 0.3) is 11.0 Å². The van der Waals surface area contributed by atoms with E-state index in [1.165, 1.54) is 5.52 Å². The molecule has 2 fully saturated rings. The number of benzene rings is 1. The zero-order valence-electron chi connectivity index (χ0n) is 16.7. The monoisotopic (exact) mass is 368 g/mol. The number of fused-ring (bicyclic) bond motifs is 1. The molecule has 0 bridgehead atoms. The quantitative estimate of drug-likeness (QED) is 0.821. The minimum absolute atomic E-state index is 0.113. The molecular formula is C22H32N4O.